The van der Waals surface area contributed by atoms with E-state index in [1.807, 2.05) is 5.32 Å². The molecule has 0 atom stereocenters. The molecule has 0 aliphatic rings. The van der Waals surface area contributed by atoms with Crippen LogP contribution < -0.4 is 10.6 Å². The lowest BCUT2D eigenvalue weighted by Gasteiger charge is -2.09. The molecule has 0 radical (unpaired) electrons. The fraction of sp³-hybridized carbons (Fsp3) is 0.308. The first-order chi connectivity index (χ1) is 9.58. The second-order valence-electron chi connectivity index (χ2n) is 3.68. The van der Waals surface area contributed by atoms with E-state index >= 15 is 0 Å². The molecule has 0 bridgehead atoms. The van der Waals surface area contributed by atoms with Gasteiger partial charge in [0.2, 0.25) is 0 Å². The molecule has 0 saturated carbocycles. The molecule has 5 nitrogen and oxygen atoms in total. The summed E-state index contributed by atoms with van der Waals surface area (Å²) >= 11 is 0. The third-order valence-corrected chi connectivity index (χ3v) is 2.21. The van der Waals surface area contributed by atoms with Gasteiger partial charge in [0.05, 0.1) is 19.8 Å². The molecule has 0 aliphatic carbocycles. The number of carbonyl (C=O) groups excluding carboxylic acids is 1. The van der Waals surface area contributed by atoms with Gasteiger partial charge in [-0.2, -0.15) is 0 Å². The first-order valence-corrected chi connectivity index (χ1v) is 5.77. The molecule has 0 aromatic heterocycles. The standard InChI is InChI=1S/C13H14F2N2O3/c1-2-9-7-10(14)12(11(15)8-9)17-13(19)16-3-5-20-6-4-18/h1,7-8,18H,3-6H2,(H2,16,17,19). The second-order valence-corrected chi connectivity index (χ2v) is 3.68. The van der Waals surface area contributed by atoms with Crippen molar-refractivity contribution in [2.24, 2.45) is 0 Å². The number of amides is 2. The van der Waals surface area contributed by atoms with Crippen LogP contribution in [0, 0.1) is 24.0 Å². The van der Waals surface area contributed by atoms with Gasteiger partial charge in [-0.1, -0.05) is 5.92 Å². The van der Waals surface area contributed by atoms with E-state index in [0.29, 0.717) is 0 Å². The molecule has 2 amide bonds. The lowest BCUT2D eigenvalue weighted by Crippen LogP contribution is -2.32. The number of urea groups is 1. The van der Waals surface area contributed by atoms with E-state index in [9.17, 15) is 13.6 Å². The molecule has 3 N–H and O–H groups in total. The van der Waals surface area contributed by atoms with E-state index in [0.717, 1.165) is 12.1 Å². The molecule has 1 aromatic rings. The van der Waals surface area contributed by atoms with Crippen molar-refractivity contribution in [3.63, 3.8) is 0 Å². The maximum Gasteiger partial charge on any atom is 0.319 e. The van der Waals surface area contributed by atoms with Crippen molar-refractivity contribution < 1.29 is 23.4 Å². The molecule has 0 aliphatic heterocycles. The van der Waals surface area contributed by atoms with Gasteiger partial charge in [0.1, 0.15) is 5.69 Å². The largest absolute Gasteiger partial charge is 0.394 e. The molecule has 20 heavy (non-hydrogen) atoms. The third-order valence-electron chi connectivity index (χ3n) is 2.21. The molecule has 1 rings (SSSR count). The van der Waals surface area contributed by atoms with Crippen LogP contribution >= 0.6 is 0 Å². The summed E-state index contributed by atoms with van der Waals surface area (Å²) in [7, 11) is 0. The highest BCUT2D eigenvalue weighted by molar-refractivity contribution is 5.89. The van der Waals surface area contributed by atoms with Crippen molar-refractivity contribution in [1.82, 2.24) is 5.32 Å². The lowest BCUT2D eigenvalue weighted by atomic mass is 10.2. The summed E-state index contributed by atoms with van der Waals surface area (Å²) in [5.74, 6) is 0.190. The van der Waals surface area contributed by atoms with Crippen LogP contribution in [-0.4, -0.2) is 37.5 Å². The van der Waals surface area contributed by atoms with Crippen LogP contribution in [0.3, 0.4) is 0 Å². The molecule has 0 fully saturated rings. The number of aliphatic hydroxyl groups is 1. The summed E-state index contributed by atoms with van der Waals surface area (Å²) in [5, 5.41) is 12.8. The summed E-state index contributed by atoms with van der Waals surface area (Å²) in [6.07, 6.45) is 5.03. The maximum absolute atomic E-state index is 13.5. The molecule has 0 unspecified atom stereocenters. The Morgan fingerprint density at radius 1 is 1.35 bits per heavy atom. The van der Waals surface area contributed by atoms with Gasteiger partial charge in [-0.3, -0.25) is 0 Å². The second kappa shape index (κ2) is 8.09. The SMILES string of the molecule is C#Cc1cc(F)c(NC(=O)NCCOCCO)c(F)c1. The van der Waals surface area contributed by atoms with Gasteiger partial charge in [0.25, 0.3) is 0 Å². The monoisotopic (exact) mass is 284 g/mol. The number of terminal acetylenes is 1. The van der Waals surface area contributed by atoms with E-state index in [-0.39, 0.29) is 31.9 Å². The van der Waals surface area contributed by atoms with Crippen molar-refractivity contribution in [3.8, 4) is 12.3 Å². The first kappa shape index (κ1) is 15.9. The van der Waals surface area contributed by atoms with Crippen molar-refractivity contribution in [2.75, 3.05) is 31.7 Å². The molecule has 7 heteroatoms. The van der Waals surface area contributed by atoms with E-state index in [4.69, 9.17) is 16.3 Å². The summed E-state index contributed by atoms with van der Waals surface area (Å²) in [6.45, 7) is 0.344. The van der Waals surface area contributed by atoms with E-state index in [1.165, 1.54) is 0 Å². The quantitative estimate of drug-likeness (QED) is 0.540. The minimum Gasteiger partial charge on any atom is -0.394 e. The zero-order valence-electron chi connectivity index (χ0n) is 10.6. The Morgan fingerprint density at radius 2 is 2.00 bits per heavy atom. The highest BCUT2D eigenvalue weighted by atomic mass is 19.1. The Bertz CT molecular complexity index is 492. The lowest BCUT2D eigenvalue weighted by molar-refractivity contribution is 0.0950. The molecule has 0 heterocycles. The number of anilines is 1. The molecular weight excluding hydrogens is 270 g/mol. The van der Waals surface area contributed by atoms with Crippen LogP contribution in [0.4, 0.5) is 19.3 Å². The number of ether oxygens (including phenoxy) is 1. The fourth-order valence-electron chi connectivity index (χ4n) is 1.34. The number of rotatable bonds is 6. The van der Waals surface area contributed by atoms with Crippen LogP contribution in [0.25, 0.3) is 0 Å². The van der Waals surface area contributed by atoms with Crippen LogP contribution in [0.5, 0.6) is 0 Å². The van der Waals surface area contributed by atoms with E-state index in [2.05, 4.69) is 11.2 Å². The summed E-state index contributed by atoms with van der Waals surface area (Å²) in [6, 6.07) is 1.12. The first-order valence-electron chi connectivity index (χ1n) is 5.77. The average molecular weight is 284 g/mol. The highest BCUT2D eigenvalue weighted by Crippen LogP contribution is 2.20. The van der Waals surface area contributed by atoms with Gasteiger partial charge in [0.15, 0.2) is 11.6 Å². The predicted octanol–water partition coefficient (Wildman–Crippen LogP) is 1.08. The normalized spacial score (nSPS) is 9.90. The molecule has 0 saturated heterocycles. The maximum atomic E-state index is 13.5. The minimum atomic E-state index is -0.954. The van der Waals surface area contributed by atoms with Crippen LogP contribution in [-0.2, 0) is 4.74 Å². The summed E-state index contributed by atoms with van der Waals surface area (Å²) in [4.78, 5) is 11.4. The van der Waals surface area contributed by atoms with Crippen molar-refractivity contribution >= 4 is 11.7 Å². The molecule has 0 spiro atoms. The van der Waals surface area contributed by atoms with Gasteiger partial charge < -0.3 is 20.5 Å². The van der Waals surface area contributed by atoms with Crippen LogP contribution in [0.2, 0.25) is 0 Å². The van der Waals surface area contributed by atoms with Crippen LogP contribution in [0.15, 0.2) is 12.1 Å². The zero-order chi connectivity index (χ0) is 15.0. The van der Waals surface area contributed by atoms with Gasteiger partial charge in [0, 0.05) is 12.1 Å². The van der Waals surface area contributed by atoms with Gasteiger partial charge >= 0.3 is 6.03 Å². The Kier molecular flexibility index (Phi) is 6.43. The molecule has 108 valence electrons. The smallest absolute Gasteiger partial charge is 0.319 e. The Labute approximate surface area is 114 Å². The third kappa shape index (κ3) is 4.84. The summed E-state index contributed by atoms with van der Waals surface area (Å²) in [5.41, 5.74) is -0.527. The zero-order valence-corrected chi connectivity index (χ0v) is 10.6. The van der Waals surface area contributed by atoms with Gasteiger partial charge in [-0.05, 0) is 12.1 Å². The Balaban J connectivity index is 2.52. The highest BCUT2D eigenvalue weighted by Gasteiger charge is 2.13. The summed E-state index contributed by atoms with van der Waals surface area (Å²) < 4.78 is 31.9. The van der Waals surface area contributed by atoms with Crippen molar-refractivity contribution in [2.45, 2.75) is 0 Å². The van der Waals surface area contributed by atoms with Crippen molar-refractivity contribution in [3.05, 3.63) is 29.3 Å². The number of carbonyl (C=O) groups is 1. The topological polar surface area (TPSA) is 70.6 Å². The molecular formula is C13H14F2N2O3. The van der Waals surface area contributed by atoms with E-state index in [1.54, 1.807) is 0 Å². The van der Waals surface area contributed by atoms with Crippen molar-refractivity contribution in [1.29, 1.82) is 0 Å². The number of halogens is 2. The number of hydrogen-bond acceptors (Lipinski definition) is 3. The van der Waals surface area contributed by atoms with Gasteiger partial charge in [-0.25, -0.2) is 13.6 Å². The van der Waals surface area contributed by atoms with Gasteiger partial charge in [-0.15, -0.1) is 6.42 Å². The fourth-order valence-corrected chi connectivity index (χ4v) is 1.34. The number of benzene rings is 1. The predicted molar refractivity (Wildman–Crippen MR) is 69.2 cm³/mol. The van der Waals surface area contributed by atoms with E-state index < -0.39 is 23.4 Å². The average Bonchev–Trinajstić information content (AvgIpc) is 2.42. The Hall–Kier alpha value is -2.17. The number of hydrogen-bond donors (Lipinski definition) is 3. The number of nitrogens with one attached hydrogen (secondary N) is 2. The Morgan fingerprint density at radius 3 is 2.55 bits per heavy atom. The molecule has 1 aromatic carbocycles. The minimum absolute atomic E-state index is 0.0448. The number of aliphatic hydroxyl groups excluding tert-OH is 1. The van der Waals surface area contributed by atoms with Crippen LogP contribution in [0.1, 0.15) is 5.56 Å².